The molecule has 0 aliphatic heterocycles. The molecule has 0 aliphatic carbocycles. The molecule has 0 fully saturated rings. The molecule has 1 unspecified atom stereocenters. The molecule has 3 nitrogen and oxygen atoms in total. The molecule has 2 rings (SSSR count). The second-order valence-corrected chi connectivity index (χ2v) is 5.05. The first-order valence-electron chi connectivity index (χ1n) is 6.63. The van der Waals surface area contributed by atoms with E-state index < -0.39 is 5.60 Å². The van der Waals surface area contributed by atoms with E-state index in [0.717, 1.165) is 18.5 Å². The summed E-state index contributed by atoms with van der Waals surface area (Å²) in [7, 11) is 0. The van der Waals surface area contributed by atoms with Crippen molar-refractivity contribution in [3.8, 4) is 0 Å². The van der Waals surface area contributed by atoms with Gasteiger partial charge in [-0.05, 0) is 18.4 Å². The Morgan fingerprint density at radius 1 is 1.26 bits per heavy atom. The van der Waals surface area contributed by atoms with Gasteiger partial charge in [0.05, 0.1) is 16.9 Å². The lowest BCUT2D eigenvalue weighted by Gasteiger charge is -2.28. The Balaban J connectivity index is 2.56. The van der Waals surface area contributed by atoms with Gasteiger partial charge in [0.25, 0.3) is 0 Å². The average Bonchev–Trinajstić information content (AvgIpc) is 2.81. The first kappa shape index (κ1) is 14.1. The standard InChI is InChI=1S/C15H19ClN2O/c1-3-10-18-14(13(16)11-17-18)15(19,4-2)12-8-6-5-7-9-12/h5-9,11,19H,3-4,10H2,1-2H3. The predicted octanol–water partition coefficient (Wildman–Crippen LogP) is 3.59. The van der Waals surface area contributed by atoms with Crippen LogP contribution in [0.2, 0.25) is 5.02 Å². The van der Waals surface area contributed by atoms with Gasteiger partial charge < -0.3 is 5.11 Å². The number of hydrogen-bond acceptors (Lipinski definition) is 2. The van der Waals surface area contributed by atoms with Crippen molar-refractivity contribution in [1.82, 2.24) is 9.78 Å². The Bertz CT molecular complexity index is 538. The zero-order valence-electron chi connectivity index (χ0n) is 11.3. The fourth-order valence-electron chi connectivity index (χ4n) is 2.38. The molecule has 1 atom stereocenters. The van der Waals surface area contributed by atoms with Crippen LogP contribution in [0.5, 0.6) is 0 Å². The van der Waals surface area contributed by atoms with E-state index in [9.17, 15) is 5.11 Å². The lowest BCUT2D eigenvalue weighted by atomic mass is 9.87. The van der Waals surface area contributed by atoms with Crippen LogP contribution >= 0.6 is 11.6 Å². The van der Waals surface area contributed by atoms with Crippen LogP contribution in [0.4, 0.5) is 0 Å². The number of hydrogen-bond donors (Lipinski definition) is 1. The zero-order chi connectivity index (χ0) is 13.9. The van der Waals surface area contributed by atoms with Gasteiger partial charge in [-0.2, -0.15) is 5.10 Å². The van der Waals surface area contributed by atoms with Gasteiger partial charge in [0, 0.05) is 6.54 Å². The summed E-state index contributed by atoms with van der Waals surface area (Å²) < 4.78 is 1.80. The van der Waals surface area contributed by atoms with Crippen LogP contribution in [0.25, 0.3) is 0 Å². The number of aryl methyl sites for hydroxylation is 1. The van der Waals surface area contributed by atoms with Gasteiger partial charge in [0.1, 0.15) is 5.60 Å². The molecule has 2 aromatic rings. The molecule has 1 heterocycles. The quantitative estimate of drug-likeness (QED) is 0.908. The largest absolute Gasteiger partial charge is 0.379 e. The van der Waals surface area contributed by atoms with Crippen molar-refractivity contribution in [3.63, 3.8) is 0 Å². The molecule has 1 aromatic carbocycles. The molecule has 0 amide bonds. The highest BCUT2D eigenvalue weighted by molar-refractivity contribution is 6.31. The second-order valence-electron chi connectivity index (χ2n) is 4.64. The Morgan fingerprint density at radius 2 is 1.95 bits per heavy atom. The van der Waals surface area contributed by atoms with Gasteiger partial charge in [0.2, 0.25) is 0 Å². The molecule has 0 radical (unpaired) electrons. The van der Waals surface area contributed by atoms with Gasteiger partial charge in [-0.1, -0.05) is 55.8 Å². The van der Waals surface area contributed by atoms with E-state index in [-0.39, 0.29) is 0 Å². The van der Waals surface area contributed by atoms with E-state index in [1.165, 1.54) is 0 Å². The molecule has 0 spiro atoms. The van der Waals surface area contributed by atoms with E-state index in [2.05, 4.69) is 12.0 Å². The first-order chi connectivity index (χ1) is 9.13. The van der Waals surface area contributed by atoms with Crippen molar-refractivity contribution in [2.24, 2.45) is 0 Å². The summed E-state index contributed by atoms with van der Waals surface area (Å²) in [4.78, 5) is 0. The summed E-state index contributed by atoms with van der Waals surface area (Å²) in [5.41, 5.74) is 0.436. The highest BCUT2D eigenvalue weighted by atomic mass is 35.5. The molecular formula is C15H19ClN2O. The van der Waals surface area contributed by atoms with Crippen LogP contribution in [0, 0.1) is 0 Å². The van der Waals surface area contributed by atoms with E-state index in [4.69, 9.17) is 11.6 Å². The van der Waals surface area contributed by atoms with Gasteiger partial charge in [0.15, 0.2) is 0 Å². The summed E-state index contributed by atoms with van der Waals surface area (Å²) in [6.07, 6.45) is 3.10. The highest BCUT2D eigenvalue weighted by Gasteiger charge is 2.35. The van der Waals surface area contributed by atoms with Gasteiger partial charge in [-0.25, -0.2) is 0 Å². The summed E-state index contributed by atoms with van der Waals surface area (Å²) in [6.45, 7) is 4.77. The van der Waals surface area contributed by atoms with Crippen LogP contribution in [0.3, 0.4) is 0 Å². The Morgan fingerprint density at radius 3 is 2.53 bits per heavy atom. The van der Waals surface area contributed by atoms with Crippen LogP contribution < -0.4 is 0 Å². The maximum Gasteiger partial charge on any atom is 0.132 e. The minimum atomic E-state index is -1.09. The van der Waals surface area contributed by atoms with Crippen molar-refractivity contribution in [2.45, 2.75) is 38.8 Å². The summed E-state index contributed by atoms with van der Waals surface area (Å²) in [5.74, 6) is 0. The van der Waals surface area contributed by atoms with Crippen molar-refractivity contribution < 1.29 is 5.11 Å². The number of halogens is 1. The van der Waals surface area contributed by atoms with Gasteiger partial charge in [-0.15, -0.1) is 0 Å². The van der Waals surface area contributed by atoms with E-state index in [0.29, 0.717) is 17.1 Å². The van der Waals surface area contributed by atoms with Crippen molar-refractivity contribution in [1.29, 1.82) is 0 Å². The number of rotatable bonds is 5. The molecular weight excluding hydrogens is 260 g/mol. The molecule has 0 bridgehead atoms. The van der Waals surface area contributed by atoms with Crippen molar-refractivity contribution in [2.75, 3.05) is 0 Å². The van der Waals surface area contributed by atoms with Crippen LogP contribution in [-0.2, 0) is 12.1 Å². The lowest BCUT2D eigenvalue weighted by molar-refractivity contribution is 0.0665. The third-order valence-electron chi connectivity index (χ3n) is 3.38. The predicted molar refractivity (Wildman–Crippen MR) is 77.3 cm³/mol. The van der Waals surface area contributed by atoms with Crippen LogP contribution in [0.15, 0.2) is 36.5 Å². The molecule has 0 saturated heterocycles. The highest BCUT2D eigenvalue weighted by Crippen LogP contribution is 2.36. The van der Waals surface area contributed by atoms with Crippen molar-refractivity contribution in [3.05, 3.63) is 52.8 Å². The van der Waals surface area contributed by atoms with Gasteiger partial charge in [-0.3, -0.25) is 4.68 Å². The minimum Gasteiger partial charge on any atom is -0.379 e. The van der Waals surface area contributed by atoms with Crippen molar-refractivity contribution >= 4 is 11.6 Å². The number of aromatic nitrogens is 2. The first-order valence-corrected chi connectivity index (χ1v) is 7.01. The molecule has 1 N–H and O–H groups in total. The molecule has 4 heteroatoms. The molecule has 102 valence electrons. The van der Waals surface area contributed by atoms with Gasteiger partial charge >= 0.3 is 0 Å². The maximum atomic E-state index is 11.1. The molecule has 19 heavy (non-hydrogen) atoms. The third kappa shape index (κ3) is 2.53. The molecule has 1 aromatic heterocycles. The topological polar surface area (TPSA) is 38.0 Å². The fourth-order valence-corrected chi connectivity index (χ4v) is 2.67. The summed E-state index contributed by atoms with van der Waals surface area (Å²) >= 11 is 6.25. The monoisotopic (exact) mass is 278 g/mol. The minimum absolute atomic E-state index is 0.515. The maximum absolute atomic E-state index is 11.1. The molecule has 0 saturated carbocycles. The summed E-state index contributed by atoms with van der Waals surface area (Å²) in [6, 6.07) is 9.62. The van der Waals surface area contributed by atoms with E-state index in [1.807, 2.05) is 37.3 Å². The second kappa shape index (κ2) is 5.76. The van der Waals surface area contributed by atoms with E-state index in [1.54, 1.807) is 10.9 Å². The smallest absolute Gasteiger partial charge is 0.132 e. The van der Waals surface area contributed by atoms with Crippen LogP contribution in [-0.4, -0.2) is 14.9 Å². The Labute approximate surface area is 118 Å². The SMILES string of the molecule is CCCn1ncc(Cl)c1C(O)(CC)c1ccccc1. The number of nitrogens with zero attached hydrogens (tertiary/aromatic N) is 2. The zero-order valence-corrected chi connectivity index (χ0v) is 12.1. The Hall–Kier alpha value is -1.32. The summed E-state index contributed by atoms with van der Waals surface area (Å²) in [5, 5.41) is 15.9. The fraction of sp³-hybridized carbons (Fsp3) is 0.400. The third-order valence-corrected chi connectivity index (χ3v) is 3.66. The average molecular weight is 279 g/mol. The van der Waals surface area contributed by atoms with Crippen LogP contribution in [0.1, 0.15) is 37.9 Å². The van der Waals surface area contributed by atoms with E-state index >= 15 is 0 Å². The number of aliphatic hydroxyl groups is 1. The number of benzene rings is 1. The normalized spacial score (nSPS) is 14.3. The molecule has 0 aliphatic rings. The Kier molecular flexibility index (Phi) is 4.27. The lowest BCUT2D eigenvalue weighted by Crippen LogP contribution is -2.30.